The molecule has 0 fully saturated rings. The quantitative estimate of drug-likeness (QED) is 0.759. The summed E-state index contributed by atoms with van der Waals surface area (Å²) >= 11 is 0. The Balaban J connectivity index is 2.00. The summed E-state index contributed by atoms with van der Waals surface area (Å²) in [7, 11) is 1.50. The van der Waals surface area contributed by atoms with Crippen LogP contribution < -0.4 is 4.74 Å². The van der Waals surface area contributed by atoms with Crippen LogP contribution in [0.1, 0.15) is 0 Å². The van der Waals surface area contributed by atoms with Crippen molar-refractivity contribution >= 4 is 0 Å². The molecule has 0 spiro atoms. The Morgan fingerprint density at radius 1 is 1.25 bits per heavy atom. The van der Waals surface area contributed by atoms with Crippen molar-refractivity contribution in [3.63, 3.8) is 0 Å². The molecule has 0 unspecified atom stereocenters. The highest BCUT2D eigenvalue weighted by Gasteiger charge is 2.16. The number of methoxy groups -OCH3 is 1. The van der Waals surface area contributed by atoms with Gasteiger partial charge in [-0.1, -0.05) is 5.16 Å². The average molecular weight is 271 g/mol. The second-order valence-electron chi connectivity index (χ2n) is 3.74. The van der Waals surface area contributed by atoms with Gasteiger partial charge in [-0.05, 0) is 12.1 Å². The molecule has 0 aliphatic rings. The maximum absolute atomic E-state index is 9.69. The molecule has 20 heavy (non-hydrogen) atoms. The van der Waals surface area contributed by atoms with E-state index in [2.05, 4.69) is 25.1 Å². The molecule has 0 aliphatic heterocycles. The second-order valence-corrected chi connectivity index (χ2v) is 3.74. The number of hydrogen-bond donors (Lipinski definition) is 1. The molecule has 8 nitrogen and oxygen atoms in total. The van der Waals surface area contributed by atoms with Gasteiger partial charge in [0, 0.05) is 12.3 Å². The number of ether oxygens (including phenoxy) is 1. The second kappa shape index (κ2) is 4.92. The van der Waals surface area contributed by atoms with Gasteiger partial charge in [-0.3, -0.25) is 0 Å². The smallest absolute Gasteiger partial charge is 0.280 e. The van der Waals surface area contributed by atoms with Gasteiger partial charge in [-0.25, -0.2) is 15.0 Å². The molecule has 3 aromatic rings. The zero-order valence-corrected chi connectivity index (χ0v) is 10.4. The van der Waals surface area contributed by atoms with E-state index in [0.29, 0.717) is 11.6 Å². The van der Waals surface area contributed by atoms with Gasteiger partial charge >= 0.3 is 0 Å². The fraction of sp³-hybridized carbons (Fsp3) is 0.0833. The molecule has 0 radical (unpaired) electrons. The van der Waals surface area contributed by atoms with Crippen LogP contribution in [0, 0.1) is 0 Å². The maximum Gasteiger partial charge on any atom is 0.280 e. The first-order chi connectivity index (χ1) is 9.78. The molecule has 0 amide bonds. The Labute approximate surface area is 113 Å². The van der Waals surface area contributed by atoms with Gasteiger partial charge in [0.2, 0.25) is 11.7 Å². The van der Waals surface area contributed by atoms with Crippen molar-refractivity contribution in [3.05, 3.63) is 30.7 Å². The fourth-order valence-corrected chi connectivity index (χ4v) is 1.56. The van der Waals surface area contributed by atoms with Crippen LogP contribution in [0.15, 0.2) is 35.2 Å². The summed E-state index contributed by atoms with van der Waals surface area (Å²) in [4.78, 5) is 16.0. The number of hydrogen-bond acceptors (Lipinski definition) is 8. The highest BCUT2D eigenvalue weighted by Crippen LogP contribution is 2.26. The first kappa shape index (κ1) is 12.0. The molecule has 3 heterocycles. The summed E-state index contributed by atoms with van der Waals surface area (Å²) in [5, 5.41) is 13.5. The molecule has 3 rings (SSSR count). The van der Waals surface area contributed by atoms with Gasteiger partial charge < -0.3 is 14.4 Å². The van der Waals surface area contributed by atoms with E-state index < -0.39 is 0 Å². The van der Waals surface area contributed by atoms with Crippen molar-refractivity contribution in [1.29, 1.82) is 0 Å². The van der Waals surface area contributed by atoms with Crippen LogP contribution in [0.25, 0.3) is 23.1 Å². The summed E-state index contributed by atoms with van der Waals surface area (Å²) in [6.45, 7) is 0. The Bertz CT molecular complexity index is 743. The first-order valence-corrected chi connectivity index (χ1v) is 5.62. The molecular formula is C12H9N5O3. The number of aromatic hydroxyl groups is 1. The van der Waals surface area contributed by atoms with Crippen molar-refractivity contribution in [3.8, 4) is 34.7 Å². The van der Waals surface area contributed by atoms with Gasteiger partial charge in [0.1, 0.15) is 17.8 Å². The highest BCUT2D eigenvalue weighted by molar-refractivity contribution is 5.59. The van der Waals surface area contributed by atoms with Crippen molar-refractivity contribution in [2.45, 2.75) is 0 Å². The molecule has 100 valence electrons. The Kier molecular flexibility index (Phi) is 2.96. The molecule has 0 atom stereocenters. The molecule has 0 bridgehead atoms. The van der Waals surface area contributed by atoms with Gasteiger partial charge in [-0.2, -0.15) is 4.98 Å². The third kappa shape index (κ3) is 2.14. The Morgan fingerprint density at radius 2 is 2.15 bits per heavy atom. The lowest BCUT2D eigenvalue weighted by Crippen LogP contribution is -1.92. The van der Waals surface area contributed by atoms with Crippen LogP contribution in [0.3, 0.4) is 0 Å². The molecule has 0 aliphatic carbocycles. The van der Waals surface area contributed by atoms with Crippen molar-refractivity contribution in [2.75, 3.05) is 7.11 Å². The molecule has 0 saturated carbocycles. The summed E-state index contributed by atoms with van der Waals surface area (Å²) in [6.07, 6.45) is 2.86. The zero-order valence-electron chi connectivity index (χ0n) is 10.4. The summed E-state index contributed by atoms with van der Waals surface area (Å²) in [5.74, 6) is 0.714. The summed E-state index contributed by atoms with van der Waals surface area (Å²) in [5.41, 5.74) is 0.662. The molecule has 3 aromatic heterocycles. The van der Waals surface area contributed by atoms with Crippen LogP contribution in [0.4, 0.5) is 0 Å². The monoisotopic (exact) mass is 271 g/mol. The van der Waals surface area contributed by atoms with E-state index >= 15 is 0 Å². The minimum Gasteiger partial charge on any atom is -0.505 e. The third-order valence-corrected chi connectivity index (χ3v) is 2.50. The normalized spacial score (nSPS) is 10.4. The van der Waals surface area contributed by atoms with Crippen molar-refractivity contribution in [1.82, 2.24) is 25.1 Å². The van der Waals surface area contributed by atoms with Crippen LogP contribution in [0.2, 0.25) is 0 Å². The Morgan fingerprint density at radius 3 is 2.95 bits per heavy atom. The zero-order chi connectivity index (χ0) is 13.9. The van der Waals surface area contributed by atoms with Gasteiger partial charge in [0.05, 0.1) is 7.11 Å². The van der Waals surface area contributed by atoms with E-state index in [-0.39, 0.29) is 23.2 Å². The first-order valence-electron chi connectivity index (χ1n) is 5.62. The lowest BCUT2D eigenvalue weighted by molar-refractivity contribution is 0.397. The van der Waals surface area contributed by atoms with E-state index in [9.17, 15) is 5.11 Å². The largest absolute Gasteiger partial charge is 0.505 e. The molecule has 1 N–H and O–H groups in total. The van der Waals surface area contributed by atoms with Gasteiger partial charge in [-0.15, -0.1) is 0 Å². The minimum absolute atomic E-state index is 0.0389. The number of pyridine rings is 1. The highest BCUT2D eigenvalue weighted by atomic mass is 16.5. The lowest BCUT2D eigenvalue weighted by Gasteiger charge is -1.98. The van der Waals surface area contributed by atoms with Crippen LogP contribution in [-0.2, 0) is 0 Å². The number of aromatic nitrogens is 5. The number of rotatable bonds is 3. The van der Waals surface area contributed by atoms with E-state index in [4.69, 9.17) is 9.26 Å². The maximum atomic E-state index is 9.69. The van der Waals surface area contributed by atoms with Crippen molar-refractivity contribution < 1.29 is 14.4 Å². The fourth-order valence-electron chi connectivity index (χ4n) is 1.56. The van der Waals surface area contributed by atoms with Crippen molar-refractivity contribution in [2.24, 2.45) is 0 Å². The SMILES string of the molecule is COc1cc(-c2noc(-c3ncccc3O)n2)ncn1. The Hall–Kier alpha value is -3.03. The van der Waals surface area contributed by atoms with E-state index in [1.54, 1.807) is 12.1 Å². The topological polar surface area (TPSA) is 107 Å². The molecule has 0 aromatic carbocycles. The average Bonchev–Trinajstić information content (AvgIpc) is 2.97. The van der Waals surface area contributed by atoms with Crippen LogP contribution >= 0.6 is 0 Å². The van der Waals surface area contributed by atoms with Gasteiger partial charge in [0.15, 0.2) is 5.69 Å². The van der Waals surface area contributed by atoms with Gasteiger partial charge in [0.25, 0.3) is 5.89 Å². The molecule has 8 heteroatoms. The predicted molar refractivity (Wildman–Crippen MR) is 66.8 cm³/mol. The van der Waals surface area contributed by atoms with E-state index in [1.807, 2.05) is 0 Å². The summed E-state index contributed by atoms with van der Waals surface area (Å²) < 4.78 is 10.1. The minimum atomic E-state index is -0.0389. The predicted octanol–water partition coefficient (Wildman–Crippen LogP) is 1.30. The standard InChI is InChI=1S/C12H9N5O3/c1-19-9-5-7(14-6-15-9)11-16-12(20-17-11)10-8(18)3-2-4-13-10/h2-6,18H,1H3. The molecular weight excluding hydrogens is 262 g/mol. The number of nitrogens with zero attached hydrogens (tertiary/aromatic N) is 5. The molecule has 0 saturated heterocycles. The van der Waals surface area contributed by atoms with Crippen LogP contribution in [-0.4, -0.2) is 37.3 Å². The van der Waals surface area contributed by atoms with E-state index in [1.165, 1.54) is 25.7 Å². The lowest BCUT2D eigenvalue weighted by atomic mass is 10.3. The van der Waals surface area contributed by atoms with E-state index in [0.717, 1.165) is 0 Å². The van der Waals surface area contributed by atoms with Crippen LogP contribution in [0.5, 0.6) is 11.6 Å². The third-order valence-electron chi connectivity index (χ3n) is 2.50. The summed E-state index contributed by atoms with van der Waals surface area (Å²) in [6, 6.07) is 4.66.